The fraction of sp³-hybridized carbons (Fsp3) is 0.478. The van der Waals surface area contributed by atoms with E-state index in [-0.39, 0.29) is 36.6 Å². The maximum atomic E-state index is 6.44. The molecule has 6 heteroatoms. The van der Waals surface area contributed by atoms with Gasteiger partial charge in [-0.1, -0.05) is 83.3 Å². The molecule has 2 aromatic carbocycles. The summed E-state index contributed by atoms with van der Waals surface area (Å²) in [5, 5.41) is 0. The highest BCUT2D eigenvalue weighted by molar-refractivity contribution is 14.1. The van der Waals surface area contributed by atoms with Crippen molar-refractivity contribution in [2.24, 2.45) is 0 Å². The third-order valence-corrected chi connectivity index (χ3v) is 6.78. The average molecular weight is 508 g/mol. The number of hydrogen-bond acceptors (Lipinski definition) is 5. The number of rotatable bonds is 5. The molecule has 29 heavy (non-hydrogen) atoms. The van der Waals surface area contributed by atoms with E-state index in [0.29, 0.717) is 13.2 Å². The largest absolute Gasteiger partial charge is 0.369 e. The van der Waals surface area contributed by atoms with Crippen LogP contribution in [0, 0.1) is 0 Å². The van der Waals surface area contributed by atoms with E-state index in [0.717, 1.165) is 22.0 Å². The van der Waals surface area contributed by atoms with Crippen LogP contribution in [-0.4, -0.2) is 47.7 Å². The van der Waals surface area contributed by atoms with Gasteiger partial charge in [-0.3, -0.25) is 0 Å². The van der Waals surface area contributed by atoms with Crippen molar-refractivity contribution in [2.75, 3.05) is 11.0 Å². The van der Waals surface area contributed by atoms with Crippen LogP contribution < -0.4 is 0 Å². The van der Waals surface area contributed by atoms with Gasteiger partial charge in [0.1, 0.15) is 24.4 Å². The van der Waals surface area contributed by atoms with E-state index in [4.69, 9.17) is 23.7 Å². The fourth-order valence-electron chi connectivity index (χ4n) is 4.39. The molecule has 7 atom stereocenters. The van der Waals surface area contributed by atoms with Crippen LogP contribution in [-0.2, 0) is 30.3 Å². The summed E-state index contributed by atoms with van der Waals surface area (Å²) >= 11 is 2.38. The zero-order chi connectivity index (χ0) is 19.6. The van der Waals surface area contributed by atoms with Crippen molar-refractivity contribution in [3.63, 3.8) is 0 Å². The normalized spacial score (nSPS) is 36.4. The van der Waals surface area contributed by atoms with Crippen LogP contribution in [0.2, 0.25) is 0 Å². The summed E-state index contributed by atoms with van der Waals surface area (Å²) in [7, 11) is 0. The minimum Gasteiger partial charge on any atom is -0.369 e. The molecular weight excluding hydrogens is 483 g/mol. The van der Waals surface area contributed by atoms with Crippen LogP contribution in [0.5, 0.6) is 0 Å². The molecule has 0 aliphatic carbocycles. The summed E-state index contributed by atoms with van der Waals surface area (Å²) < 4.78 is 32.5. The van der Waals surface area contributed by atoms with Gasteiger partial charge in [-0.15, -0.1) is 0 Å². The maximum Gasteiger partial charge on any atom is 0.184 e. The number of ether oxygens (including phenoxy) is 5. The molecule has 0 N–H and O–H groups in total. The van der Waals surface area contributed by atoms with Crippen molar-refractivity contribution in [1.82, 2.24) is 0 Å². The fourth-order valence-corrected chi connectivity index (χ4v) is 4.95. The van der Waals surface area contributed by atoms with Crippen molar-refractivity contribution >= 4 is 22.6 Å². The first kappa shape index (κ1) is 19.9. The van der Waals surface area contributed by atoms with E-state index in [2.05, 4.69) is 34.7 Å². The number of fused-ring (bicyclic) bond motifs is 2. The molecule has 0 bridgehead atoms. The van der Waals surface area contributed by atoms with Gasteiger partial charge in [0, 0.05) is 16.4 Å². The van der Waals surface area contributed by atoms with Crippen LogP contribution in [0.3, 0.4) is 0 Å². The molecule has 0 radical (unpaired) electrons. The Balaban J connectivity index is 1.37. The number of alkyl halides is 1. The first-order valence-electron chi connectivity index (χ1n) is 10.2. The Morgan fingerprint density at radius 1 is 0.862 bits per heavy atom. The number of hydrogen-bond donors (Lipinski definition) is 0. The van der Waals surface area contributed by atoms with Crippen LogP contribution in [0.1, 0.15) is 23.8 Å². The van der Waals surface area contributed by atoms with Crippen molar-refractivity contribution in [3.8, 4) is 0 Å². The predicted molar refractivity (Wildman–Crippen MR) is 116 cm³/mol. The lowest BCUT2D eigenvalue weighted by Gasteiger charge is -2.47. The van der Waals surface area contributed by atoms with Gasteiger partial charge in [-0.25, -0.2) is 0 Å². The second kappa shape index (κ2) is 8.99. The third-order valence-electron chi connectivity index (χ3n) is 5.80. The van der Waals surface area contributed by atoms with Crippen LogP contribution >= 0.6 is 22.6 Å². The SMILES string of the molecule is IC[C@@H]1C[C@H]2O[C@@H]3COC(c4ccccc4)O[C@@H]3[C@H](OCc3ccccc3)[C@H]2O1. The van der Waals surface area contributed by atoms with Gasteiger partial charge in [0.2, 0.25) is 0 Å². The van der Waals surface area contributed by atoms with Crippen LogP contribution in [0.25, 0.3) is 0 Å². The van der Waals surface area contributed by atoms with E-state index in [9.17, 15) is 0 Å². The highest BCUT2D eigenvalue weighted by Crippen LogP contribution is 2.41. The molecular formula is C23H25IO5. The minimum absolute atomic E-state index is 0.0252. The number of benzene rings is 2. The second-order valence-corrected chi connectivity index (χ2v) is 8.64. The zero-order valence-corrected chi connectivity index (χ0v) is 18.2. The van der Waals surface area contributed by atoms with Gasteiger partial charge in [-0.05, 0) is 5.56 Å². The first-order chi connectivity index (χ1) is 14.3. The van der Waals surface area contributed by atoms with E-state index < -0.39 is 6.29 Å². The molecule has 0 saturated carbocycles. The molecule has 1 unspecified atom stereocenters. The summed E-state index contributed by atoms with van der Waals surface area (Å²) in [6.45, 7) is 1.02. The first-order valence-corrected chi connectivity index (χ1v) is 11.7. The molecule has 3 fully saturated rings. The van der Waals surface area contributed by atoms with Gasteiger partial charge < -0.3 is 23.7 Å². The van der Waals surface area contributed by atoms with Gasteiger partial charge in [-0.2, -0.15) is 0 Å². The summed E-state index contributed by atoms with van der Waals surface area (Å²) in [5.74, 6) is 0. The van der Waals surface area contributed by atoms with Crippen molar-refractivity contribution in [1.29, 1.82) is 0 Å². The van der Waals surface area contributed by atoms with Crippen LogP contribution in [0.15, 0.2) is 60.7 Å². The van der Waals surface area contributed by atoms with Crippen molar-refractivity contribution < 1.29 is 23.7 Å². The van der Waals surface area contributed by atoms with Crippen molar-refractivity contribution in [3.05, 3.63) is 71.8 Å². The van der Waals surface area contributed by atoms with Gasteiger partial charge in [0.15, 0.2) is 6.29 Å². The molecule has 0 amide bonds. The predicted octanol–water partition coefficient (Wildman–Crippen LogP) is 4.05. The Labute approximate surface area is 184 Å². The molecule has 0 spiro atoms. The van der Waals surface area contributed by atoms with Gasteiger partial charge >= 0.3 is 0 Å². The highest BCUT2D eigenvalue weighted by atomic mass is 127. The Hall–Kier alpha value is -1.03. The lowest BCUT2D eigenvalue weighted by molar-refractivity contribution is -0.329. The van der Waals surface area contributed by atoms with E-state index in [1.807, 2.05) is 48.5 Å². The molecule has 5 nitrogen and oxygen atoms in total. The summed E-state index contributed by atoms with van der Waals surface area (Å²) in [6.07, 6.45) is 0.0139. The molecule has 3 heterocycles. The monoisotopic (exact) mass is 508 g/mol. The van der Waals surface area contributed by atoms with Gasteiger partial charge in [0.25, 0.3) is 0 Å². The van der Waals surface area contributed by atoms with E-state index in [1.165, 1.54) is 0 Å². The molecule has 5 rings (SSSR count). The van der Waals surface area contributed by atoms with E-state index in [1.54, 1.807) is 0 Å². The zero-order valence-electron chi connectivity index (χ0n) is 16.1. The lowest BCUT2D eigenvalue weighted by atomic mass is 9.93. The van der Waals surface area contributed by atoms with E-state index >= 15 is 0 Å². The quantitative estimate of drug-likeness (QED) is 0.451. The molecule has 2 aromatic rings. The molecule has 3 aliphatic heterocycles. The topological polar surface area (TPSA) is 46.2 Å². The molecule has 154 valence electrons. The molecule has 0 aromatic heterocycles. The summed E-state index contributed by atoms with van der Waals surface area (Å²) in [4.78, 5) is 0. The molecule has 3 aliphatic rings. The summed E-state index contributed by atoms with van der Waals surface area (Å²) in [5.41, 5.74) is 2.15. The number of halogens is 1. The lowest BCUT2D eigenvalue weighted by Crippen LogP contribution is -2.61. The minimum atomic E-state index is -0.415. The van der Waals surface area contributed by atoms with Crippen molar-refractivity contribution in [2.45, 2.75) is 55.9 Å². The Morgan fingerprint density at radius 2 is 1.59 bits per heavy atom. The smallest absolute Gasteiger partial charge is 0.184 e. The highest BCUT2D eigenvalue weighted by Gasteiger charge is 2.54. The second-order valence-electron chi connectivity index (χ2n) is 7.76. The van der Waals surface area contributed by atoms with Crippen LogP contribution in [0.4, 0.5) is 0 Å². The van der Waals surface area contributed by atoms with Gasteiger partial charge in [0.05, 0.1) is 25.4 Å². The maximum absolute atomic E-state index is 6.44. The average Bonchev–Trinajstić information content (AvgIpc) is 3.20. The summed E-state index contributed by atoms with van der Waals surface area (Å²) in [6, 6.07) is 20.3. The Kier molecular flexibility index (Phi) is 6.17. The standard InChI is InChI=1S/C23H25IO5/c24-12-17-11-18-20(27-17)22(25-13-15-7-3-1-4-8-15)21-19(28-18)14-26-23(29-21)16-9-5-2-6-10-16/h1-10,17-23H,11-14H2/t17-,18+,19+,20-,21-,22+,23?/m0/s1. The Bertz CT molecular complexity index is 788. The third kappa shape index (κ3) is 4.24. The Morgan fingerprint density at radius 3 is 2.34 bits per heavy atom. The molecule has 3 saturated heterocycles.